The number of fused-ring (bicyclic) bond motifs is 1. The molecule has 2 rings (SSSR count). The number of hydrogen-bond donors (Lipinski definition) is 2. The summed E-state index contributed by atoms with van der Waals surface area (Å²) in [6.45, 7) is 0. The van der Waals surface area contributed by atoms with Crippen LogP contribution in [0.5, 0.6) is 0 Å². The fraction of sp³-hybridized carbons (Fsp3) is 0.375. The molecule has 0 bridgehead atoms. The van der Waals surface area contributed by atoms with E-state index in [2.05, 4.69) is 5.10 Å². The van der Waals surface area contributed by atoms with Crippen molar-refractivity contribution in [1.29, 1.82) is 5.41 Å². The topological polar surface area (TPSA) is 68.6 Å². The van der Waals surface area contributed by atoms with E-state index in [1.165, 1.54) is 12.2 Å². The molecule has 86 valence electrons. The van der Waals surface area contributed by atoms with Crippen molar-refractivity contribution in [1.82, 2.24) is 10.5 Å². The van der Waals surface area contributed by atoms with Crippen molar-refractivity contribution >= 4 is 17.3 Å². The number of carbonyl (C=O) groups excluding carboxylic acids is 1. The molecule has 1 aliphatic carbocycles. The molecule has 2 aliphatic rings. The van der Waals surface area contributed by atoms with Crippen LogP contribution in [0, 0.1) is 5.41 Å². The smallest absolute Gasteiger partial charge is 0.305 e. The molecule has 1 amide bonds. The van der Waals surface area contributed by atoms with Gasteiger partial charge in [-0.2, -0.15) is 18.3 Å². The molecule has 0 saturated heterocycles. The summed E-state index contributed by atoms with van der Waals surface area (Å²) in [7, 11) is 0. The van der Waals surface area contributed by atoms with Crippen molar-refractivity contribution in [2.24, 2.45) is 5.10 Å². The molecule has 0 unspecified atom stereocenters. The van der Waals surface area contributed by atoms with Gasteiger partial charge in [0, 0.05) is 12.1 Å². The van der Waals surface area contributed by atoms with E-state index >= 15 is 0 Å². The highest BCUT2D eigenvalue weighted by atomic mass is 19.4. The first-order valence-electron chi connectivity index (χ1n) is 4.38. The van der Waals surface area contributed by atoms with Crippen LogP contribution in [0.1, 0.15) is 6.42 Å². The molecule has 8 heteroatoms. The number of hydrazine groups is 1. The molecule has 16 heavy (non-hydrogen) atoms. The third-order valence-corrected chi connectivity index (χ3v) is 2.27. The van der Waals surface area contributed by atoms with Gasteiger partial charge in [-0.1, -0.05) is 0 Å². The Morgan fingerprint density at radius 3 is 2.88 bits per heavy atom. The minimum Gasteiger partial charge on any atom is -0.305 e. The molecule has 0 fully saturated rings. The Morgan fingerprint density at radius 1 is 1.56 bits per heavy atom. The molecule has 1 atom stereocenters. The Morgan fingerprint density at radius 2 is 2.25 bits per heavy atom. The number of carbonyl (C=O) groups is 1. The number of amides is 1. The Balaban J connectivity index is 2.20. The van der Waals surface area contributed by atoms with E-state index in [1.807, 2.05) is 5.53 Å². The predicted octanol–water partition coefficient (Wildman–Crippen LogP) is 0.600. The third-order valence-electron chi connectivity index (χ3n) is 2.27. The molecule has 0 aromatic heterocycles. The Labute approximate surface area is 88.1 Å². The molecule has 2 N–H and O–H groups in total. The number of nitrogens with one attached hydrogen (secondary N) is 2. The van der Waals surface area contributed by atoms with Gasteiger partial charge in [-0.05, 0) is 12.2 Å². The maximum atomic E-state index is 12.2. The molecular formula is C8H7F3N4O. The van der Waals surface area contributed by atoms with Crippen LogP contribution in [0.25, 0.3) is 0 Å². The maximum absolute atomic E-state index is 12.2. The van der Waals surface area contributed by atoms with Crippen LogP contribution in [0.3, 0.4) is 0 Å². The first-order chi connectivity index (χ1) is 7.39. The molecule has 5 nitrogen and oxygen atoms in total. The van der Waals surface area contributed by atoms with E-state index in [4.69, 9.17) is 5.41 Å². The summed E-state index contributed by atoms with van der Waals surface area (Å²) in [5.41, 5.74) is 2.52. The van der Waals surface area contributed by atoms with Gasteiger partial charge in [0.1, 0.15) is 6.04 Å². The van der Waals surface area contributed by atoms with Crippen LogP contribution < -0.4 is 5.53 Å². The van der Waals surface area contributed by atoms with Crippen LogP contribution in [0.2, 0.25) is 0 Å². The van der Waals surface area contributed by atoms with Crippen LogP contribution in [-0.2, 0) is 4.79 Å². The number of hydrogen-bond acceptors (Lipinski definition) is 4. The average Bonchev–Trinajstić information content (AvgIpc) is 2.57. The number of allylic oxidation sites excluding steroid dienone is 1. The van der Waals surface area contributed by atoms with E-state index in [-0.39, 0.29) is 12.1 Å². The van der Waals surface area contributed by atoms with Crippen LogP contribution >= 0.6 is 0 Å². The summed E-state index contributed by atoms with van der Waals surface area (Å²) in [5.74, 6) is -2.00. The third kappa shape index (κ3) is 1.66. The van der Waals surface area contributed by atoms with Gasteiger partial charge >= 0.3 is 12.1 Å². The number of hydrazone groups is 1. The van der Waals surface area contributed by atoms with E-state index < -0.39 is 18.1 Å². The molecule has 1 aliphatic heterocycles. The summed E-state index contributed by atoms with van der Waals surface area (Å²) >= 11 is 0. The fourth-order valence-corrected chi connectivity index (χ4v) is 1.52. The summed E-state index contributed by atoms with van der Waals surface area (Å²) in [5, 5.41) is 11.3. The van der Waals surface area contributed by atoms with Gasteiger partial charge in [0.25, 0.3) is 0 Å². The van der Waals surface area contributed by atoms with Crippen molar-refractivity contribution in [3.8, 4) is 0 Å². The lowest BCUT2D eigenvalue weighted by molar-refractivity contribution is -0.189. The van der Waals surface area contributed by atoms with Crippen molar-refractivity contribution in [2.45, 2.75) is 18.6 Å². The molecule has 0 aromatic rings. The van der Waals surface area contributed by atoms with E-state index in [0.29, 0.717) is 10.7 Å². The van der Waals surface area contributed by atoms with E-state index in [9.17, 15) is 18.0 Å². The van der Waals surface area contributed by atoms with Crippen LogP contribution in [0.4, 0.5) is 13.2 Å². The Bertz CT molecular complexity index is 412. The first-order valence-corrected chi connectivity index (χ1v) is 4.38. The molecule has 0 radical (unpaired) electrons. The zero-order chi connectivity index (χ0) is 11.9. The molecular weight excluding hydrogens is 225 g/mol. The molecule has 0 spiro atoms. The van der Waals surface area contributed by atoms with Gasteiger partial charge in [-0.25, -0.2) is 10.5 Å². The zero-order valence-electron chi connectivity index (χ0n) is 7.88. The highest BCUT2D eigenvalue weighted by molar-refractivity contribution is 6.12. The second-order valence-corrected chi connectivity index (χ2v) is 3.39. The van der Waals surface area contributed by atoms with Crippen LogP contribution in [0.15, 0.2) is 17.3 Å². The van der Waals surface area contributed by atoms with Gasteiger partial charge in [0.05, 0.1) is 5.71 Å². The lowest BCUT2D eigenvalue weighted by Gasteiger charge is -2.25. The van der Waals surface area contributed by atoms with Gasteiger partial charge in [0.15, 0.2) is 0 Å². The van der Waals surface area contributed by atoms with Crippen molar-refractivity contribution < 1.29 is 18.0 Å². The lowest BCUT2D eigenvalue weighted by atomic mass is 9.98. The Kier molecular flexibility index (Phi) is 2.21. The van der Waals surface area contributed by atoms with Gasteiger partial charge < -0.3 is 5.41 Å². The average molecular weight is 232 g/mol. The number of rotatable bonds is 0. The quantitative estimate of drug-likeness (QED) is 0.642. The number of nitrogens with zero attached hydrogens (tertiary/aromatic N) is 2. The predicted molar refractivity (Wildman–Crippen MR) is 48.7 cm³/mol. The van der Waals surface area contributed by atoms with E-state index in [0.717, 1.165) is 0 Å². The molecule has 0 aromatic carbocycles. The minimum absolute atomic E-state index is 0.0319. The second kappa shape index (κ2) is 3.32. The summed E-state index contributed by atoms with van der Waals surface area (Å²) < 4.78 is 36.6. The largest absolute Gasteiger partial charge is 0.473 e. The SMILES string of the molecule is N=C1C=CC2=NNN(C(=O)C(F)(F)F)[C@H]2C1. The minimum atomic E-state index is -4.94. The second-order valence-electron chi connectivity index (χ2n) is 3.39. The summed E-state index contributed by atoms with van der Waals surface area (Å²) in [6.07, 6.45) is -2.04. The molecule has 0 saturated carbocycles. The fourth-order valence-electron chi connectivity index (χ4n) is 1.52. The van der Waals surface area contributed by atoms with Gasteiger partial charge in [-0.15, -0.1) is 0 Å². The van der Waals surface area contributed by atoms with Crippen molar-refractivity contribution in [3.05, 3.63) is 12.2 Å². The van der Waals surface area contributed by atoms with Gasteiger partial charge in [-0.3, -0.25) is 4.79 Å². The standard InChI is InChI=1S/C8H7F3N4O/c9-8(10,11)7(16)15-6-3-4(12)1-2-5(6)13-14-15/h1-2,6,12,14H,3H2/t6-/m0/s1. The van der Waals surface area contributed by atoms with Gasteiger partial charge in [0.2, 0.25) is 0 Å². The summed E-state index contributed by atoms with van der Waals surface area (Å²) in [6, 6.07) is -0.841. The van der Waals surface area contributed by atoms with E-state index in [1.54, 1.807) is 0 Å². The highest BCUT2D eigenvalue weighted by Gasteiger charge is 2.48. The highest BCUT2D eigenvalue weighted by Crippen LogP contribution is 2.24. The Hall–Kier alpha value is -1.86. The molecule has 1 heterocycles. The van der Waals surface area contributed by atoms with Crippen molar-refractivity contribution in [3.63, 3.8) is 0 Å². The van der Waals surface area contributed by atoms with Crippen molar-refractivity contribution in [2.75, 3.05) is 0 Å². The normalized spacial score (nSPS) is 23.9. The lowest BCUT2D eigenvalue weighted by Crippen LogP contribution is -2.51. The monoisotopic (exact) mass is 232 g/mol. The summed E-state index contributed by atoms with van der Waals surface area (Å²) in [4.78, 5) is 11.0. The number of alkyl halides is 3. The maximum Gasteiger partial charge on any atom is 0.473 e. The first kappa shape index (κ1) is 10.7. The number of halogens is 3. The van der Waals surface area contributed by atoms with Crippen LogP contribution in [-0.4, -0.2) is 34.6 Å². The zero-order valence-corrected chi connectivity index (χ0v) is 7.88.